The summed E-state index contributed by atoms with van der Waals surface area (Å²) in [7, 11) is 0. The van der Waals surface area contributed by atoms with E-state index in [0.29, 0.717) is 17.8 Å². The normalized spacial score (nSPS) is 60.8. The second-order valence-electron chi connectivity index (χ2n) is 8.35. The minimum absolute atomic E-state index is 0.104. The maximum absolute atomic E-state index is 11.9. The summed E-state index contributed by atoms with van der Waals surface area (Å²) in [6.07, 6.45) is 10.4. The summed E-state index contributed by atoms with van der Waals surface area (Å²) in [5.41, 5.74) is 0.0155. The van der Waals surface area contributed by atoms with Gasteiger partial charge in [0.1, 0.15) is 5.60 Å². The zero-order valence-corrected chi connectivity index (χ0v) is 12.6. The van der Waals surface area contributed by atoms with E-state index in [4.69, 9.17) is 4.74 Å². The van der Waals surface area contributed by atoms with Crippen LogP contribution in [0.5, 0.6) is 0 Å². The molecule has 4 fully saturated rings. The van der Waals surface area contributed by atoms with Gasteiger partial charge in [-0.15, -0.1) is 0 Å². The molecule has 0 aromatic heterocycles. The zero-order valence-electron chi connectivity index (χ0n) is 12.6. The highest BCUT2D eigenvalue weighted by molar-refractivity contribution is 5.98. The Labute approximate surface area is 125 Å². The number of carbonyl (C=O) groups excluding carboxylic acids is 1. The number of hydrogen-bond donors (Lipinski definition) is 1. The first kappa shape index (κ1) is 12.8. The monoisotopic (exact) mass is 288 g/mol. The SMILES string of the molecule is C[C@]12CC[C@H]3[C@@H](CC[C@]45O[C@H]4C(=O)C=C[C@H]35)[C@@H]1CC[C@@H]2O. The summed E-state index contributed by atoms with van der Waals surface area (Å²) in [6, 6.07) is 0. The Kier molecular flexibility index (Phi) is 2.32. The second-order valence-corrected chi connectivity index (χ2v) is 8.35. The van der Waals surface area contributed by atoms with Crippen LogP contribution in [0.2, 0.25) is 0 Å². The van der Waals surface area contributed by atoms with Gasteiger partial charge in [0.2, 0.25) is 0 Å². The molecule has 0 aromatic carbocycles. The molecule has 21 heavy (non-hydrogen) atoms. The lowest BCUT2D eigenvalue weighted by Crippen LogP contribution is -2.51. The Morgan fingerprint density at radius 2 is 2.00 bits per heavy atom. The summed E-state index contributed by atoms with van der Waals surface area (Å²) in [6.45, 7) is 2.31. The lowest BCUT2D eigenvalue weighted by atomic mass is 9.51. The van der Waals surface area contributed by atoms with Gasteiger partial charge in [-0.1, -0.05) is 13.0 Å². The number of aliphatic hydroxyl groups excluding tert-OH is 1. The molecule has 1 spiro atoms. The first-order valence-corrected chi connectivity index (χ1v) is 8.64. The van der Waals surface area contributed by atoms with E-state index >= 15 is 0 Å². The van der Waals surface area contributed by atoms with Crippen LogP contribution in [0.4, 0.5) is 0 Å². The quantitative estimate of drug-likeness (QED) is 0.697. The number of hydrogen-bond acceptors (Lipinski definition) is 3. The first-order chi connectivity index (χ1) is 10.1. The fraction of sp³-hybridized carbons (Fsp3) is 0.833. The van der Waals surface area contributed by atoms with Crippen LogP contribution in [0.3, 0.4) is 0 Å². The van der Waals surface area contributed by atoms with Crippen molar-refractivity contribution in [1.82, 2.24) is 0 Å². The molecule has 5 rings (SSSR count). The van der Waals surface area contributed by atoms with E-state index in [1.165, 1.54) is 19.3 Å². The number of ether oxygens (including phenoxy) is 1. The van der Waals surface area contributed by atoms with Crippen molar-refractivity contribution in [3.63, 3.8) is 0 Å². The van der Waals surface area contributed by atoms with Crippen molar-refractivity contribution in [2.24, 2.45) is 29.1 Å². The predicted molar refractivity (Wildman–Crippen MR) is 77.5 cm³/mol. The fourth-order valence-electron chi connectivity index (χ4n) is 6.59. The lowest BCUT2D eigenvalue weighted by molar-refractivity contribution is -0.116. The Hall–Kier alpha value is -0.670. The summed E-state index contributed by atoms with van der Waals surface area (Å²) >= 11 is 0. The Bertz CT molecular complexity index is 541. The Morgan fingerprint density at radius 1 is 1.19 bits per heavy atom. The Morgan fingerprint density at radius 3 is 2.86 bits per heavy atom. The van der Waals surface area contributed by atoms with Crippen LogP contribution in [0, 0.1) is 29.1 Å². The standard InChI is InChI=1S/C18H24O3/c1-17-8-6-11-10(12(17)3-5-15(17)20)7-9-18-13(11)2-4-14(19)16(18)21-18/h2,4,10-13,15-16,20H,3,5-9H2,1H3/t10-,11+,12+,13-,15+,16+,17+,18-/m1/s1. The Balaban J connectivity index is 1.50. The van der Waals surface area contributed by atoms with Gasteiger partial charge in [-0.2, -0.15) is 0 Å². The minimum Gasteiger partial charge on any atom is -0.393 e. The largest absolute Gasteiger partial charge is 0.393 e. The molecule has 0 aromatic rings. The molecule has 1 saturated heterocycles. The molecule has 1 N–H and O–H groups in total. The number of epoxide rings is 1. The molecule has 3 nitrogen and oxygen atoms in total. The zero-order chi connectivity index (χ0) is 14.4. The van der Waals surface area contributed by atoms with Gasteiger partial charge in [0.25, 0.3) is 0 Å². The van der Waals surface area contributed by atoms with E-state index in [9.17, 15) is 9.90 Å². The van der Waals surface area contributed by atoms with Gasteiger partial charge >= 0.3 is 0 Å². The van der Waals surface area contributed by atoms with Crippen molar-refractivity contribution in [1.29, 1.82) is 0 Å². The van der Waals surface area contributed by atoms with E-state index in [1.807, 2.05) is 0 Å². The van der Waals surface area contributed by atoms with E-state index in [2.05, 4.69) is 13.0 Å². The van der Waals surface area contributed by atoms with Gasteiger partial charge in [-0.05, 0) is 67.8 Å². The van der Waals surface area contributed by atoms with Crippen molar-refractivity contribution >= 4 is 5.78 Å². The van der Waals surface area contributed by atoms with Crippen LogP contribution in [-0.2, 0) is 9.53 Å². The molecule has 3 saturated carbocycles. The average Bonchev–Trinajstić information content (AvgIpc) is 3.13. The van der Waals surface area contributed by atoms with Crippen LogP contribution in [0.25, 0.3) is 0 Å². The van der Waals surface area contributed by atoms with Crippen molar-refractivity contribution in [3.05, 3.63) is 12.2 Å². The molecular formula is C18H24O3. The van der Waals surface area contributed by atoms with Crippen LogP contribution in [0.1, 0.15) is 45.4 Å². The smallest absolute Gasteiger partial charge is 0.187 e. The van der Waals surface area contributed by atoms with Crippen molar-refractivity contribution in [2.75, 3.05) is 0 Å². The minimum atomic E-state index is -0.129. The molecule has 8 atom stereocenters. The topological polar surface area (TPSA) is 49.8 Å². The van der Waals surface area contributed by atoms with Crippen LogP contribution >= 0.6 is 0 Å². The molecule has 114 valence electrons. The van der Waals surface area contributed by atoms with E-state index < -0.39 is 0 Å². The van der Waals surface area contributed by atoms with E-state index in [0.717, 1.165) is 25.2 Å². The third-order valence-electron chi connectivity index (χ3n) is 7.79. The maximum atomic E-state index is 11.9. The highest BCUT2D eigenvalue weighted by Crippen LogP contribution is 2.66. The van der Waals surface area contributed by atoms with Gasteiger partial charge < -0.3 is 9.84 Å². The van der Waals surface area contributed by atoms with Gasteiger partial charge in [0.05, 0.1) is 6.10 Å². The molecule has 1 aliphatic heterocycles. The first-order valence-electron chi connectivity index (χ1n) is 8.64. The van der Waals surface area contributed by atoms with Crippen molar-refractivity contribution < 1.29 is 14.6 Å². The van der Waals surface area contributed by atoms with Gasteiger partial charge in [0.15, 0.2) is 11.9 Å². The van der Waals surface area contributed by atoms with Crippen LogP contribution in [0.15, 0.2) is 12.2 Å². The predicted octanol–water partition coefficient (Wildman–Crippen LogP) is 2.48. The fourth-order valence-corrected chi connectivity index (χ4v) is 6.59. The highest BCUT2D eigenvalue weighted by Gasteiger charge is 2.70. The summed E-state index contributed by atoms with van der Waals surface area (Å²) < 4.78 is 5.93. The lowest BCUT2D eigenvalue weighted by Gasteiger charge is -2.53. The van der Waals surface area contributed by atoms with Gasteiger partial charge in [0, 0.05) is 5.92 Å². The third-order valence-corrected chi connectivity index (χ3v) is 7.79. The van der Waals surface area contributed by atoms with Crippen molar-refractivity contribution in [3.8, 4) is 0 Å². The summed E-state index contributed by atoms with van der Waals surface area (Å²) in [4.78, 5) is 11.9. The molecule has 0 bridgehead atoms. The van der Waals surface area contributed by atoms with E-state index in [1.54, 1.807) is 6.08 Å². The van der Waals surface area contributed by atoms with Crippen LogP contribution in [-0.4, -0.2) is 28.7 Å². The van der Waals surface area contributed by atoms with E-state index in [-0.39, 0.29) is 29.0 Å². The summed E-state index contributed by atoms with van der Waals surface area (Å²) in [5, 5.41) is 10.4. The third kappa shape index (κ3) is 1.40. The van der Waals surface area contributed by atoms with Gasteiger partial charge in [-0.3, -0.25) is 4.79 Å². The number of rotatable bonds is 0. The molecule has 3 heteroatoms. The van der Waals surface area contributed by atoms with Crippen molar-refractivity contribution in [2.45, 2.75) is 63.3 Å². The molecular weight excluding hydrogens is 264 g/mol. The number of ketones is 1. The summed E-state index contributed by atoms with van der Waals surface area (Å²) in [5.74, 6) is 2.69. The second kappa shape index (κ2) is 3.80. The molecule has 0 radical (unpaired) electrons. The molecule has 1 heterocycles. The highest BCUT2D eigenvalue weighted by atomic mass is 16.6. The molecule has 5 aliphatic rings. The van der Waals surface area contributed by atoms with Crippen LogP contribution < -0.4 is 0 Å². The molecule has 0 unspecified atom stereocenters. The van der Waals surface area contributed by atoms with Gasteiger partial charge in [-0.25, -0.2) is 0 Å². The number of fused-ring (bicyclic) bond motifs is 4. The number of carbonyl (C=O) groups is 1. The maximum Gasteiger partial charge on any atom is 0.187 e. The average molecular weight is 288 g/mol. The molecule has 4 aliphatic carbocycles. The molecule has 0 amide bonds. The number of aliphatic hydroxyl groups is 1.